The minimum absolute atomic E-state index is 0.226. The van der Waals surface area contributed by atoms with Crippen molar-refractivity contribution in [3.8, 4) is 0 Å². The van der Waals surface area contributed by atoms with Gasteiger partial charge in [-0.25, -0.2) is 4.79 Å². The van der Waals surface area contributed by atoms with Crippen molar-refractivity contribution in [1.82, 2.24) is 4.98 Å². The second-order valence-electron chi connectivity index (χ2n) is 5.37. The van der Waals surface area contributed by atoms with E-state index >= 15 is 0 Å². The maximum absolute atomic E-state index is 11.0. The molecule has 20 heavy (non-hydrogen) atoms. The Morgan fingerprint density at radius 3 is 2.95 bits per heavy atom. The van der Waals surface area contributed by atoms with Crippen molar-refractivity contribution in [1.29, 1.82) is 0 Å². The van der Waals surface area contributed by atoms with Gasteiger partial charge >= 0.3 is 5.97 Å². The van der Waals surface area contributed by atoms with Crippen LogP contribution in [0.1, 0.15) is 36.5 Å². The van der Waals surface area contributed by atoms with Crippen molar-refractivity contribution < 1.29 is 14.3 Å². The standard InChI is InChI=1S/C15H18N2O3/c1-2-7-17(9-10-3-4-10)15-16-12-6-5-11(14(18)19)8-13(12)20-15/h5-6,8,10H,2-4,7,9H2,1H3,(H,18,19). The highest BCUT2D eigenvalue weighted by Gasteiger charge is 2.26. The third kappa shape index (κ3) is 2.61. The first-order valence-electron chi connectivity index (χ1n) is 7.06. The van der Waals surface area contributed by atoms with Gasteiger partial charge in [0.2, 0.25) is 0 Å². The molecule has 0 radical (unpaired) electrons. The lowest BCUT2D eigenvalue weighted by Crippen LogP contribution is -2.26. The number of carboxylic acids is 1. The molecule has 1 aromatic carbocycles. The van der Waals surface area contributed by atoms with Gasteiger partial charge in [-0.2, -0.15) is 4.98 Å². The van der Waals surface area contributed by atoms with Crippen molar-refractivity contribution in [3.05, 3.63) is 23.8 Å². The number of carboxylic acid groups (broad SMARTS) is 1. The van der Waals surface area contributed by atoms with Crippen LogP contribution in [0.4, 0.5) is 6.01 Å². The van der Waals surface area contributed by atoms with Gasteiger partial charge in [-0.3, -0.25) is 0 Å². The number of aromatic carboxylic acids is 1. The minimum atomic E-state index is -0.951. The van der Waals surface area contributed by atoms with Crippen molar-refractivity contribution in [2.45, 2.75) is 26.2 Å². The predicted octanol–water partition coefficient (Wildman–Crippen LogP) is 3.15. The van der Waals surface area contributed by atoms with Crippen LogP contribution in [0.15, 0.2) is 22.6 Å². The van der Waals surface area contributed by atoms with E-state index in [9.17, 15) is 4.79 Å². The van der Waals surface area contributed by atoms with Crippen LogP contribution in [0, 0.1) is 5.92 Å². The maximum Gasteiger partial charge on any atom is 0.335 e. The SMILES string of the molecule is CCCN(CC1CC1)c1nc2ccc(C(=O)O)cc2o1. The fourth-order valence-electron chi connectivity index (χ4n) is 2.33. The molecule has 1 aliphatic rings. The van der Waals surface area contributed by atoms with Gasteiger partial charge in [0.05, 0.1) is 5.56 Å². The van der Waals surface area contributed by atoms with Crippen LogP contribution >= 0.6 is 0 Å². The van der Waals surface area contributed by atoms with Crippen LogP contribution in [-0.2, 0) is 0 Å². The molecule has 5 nitrogen and oxygen atoms in total. The zero-order valence-electron chi connectivity index (χ0n) is 11.5. The average Bonchev–Trinajstić information content (AvgIpc) is 3.14. The zero-order chi connectivity index (χ0) is 14.1. The van der Waals surface area contributed by atoms with Crippen LogP contribution in [0.2, 0.25) is 0 Å². The van der Waals surface area contributed by atoms with E-state index in [1.54, 1.807) is 12.1 Å². The first-order chi connectivity index (χ1) is 9.67. The fourth-order valence-corrected chi connectivity index (χ4v) is 2.33. The highest BCUT2D eigenvalue weighted by molar-refractivity contribution is 5.92. The largest absolute Gasteiger partial charge is 0.478 e. The van der Waals surface area contributed by atoms with E-state index in [0.717, 1.165) is 25.4 Å². The molecule has 2 aromatic rings. The Kier molecular flexibility index (Phi) is 3.34. The lowest BCUT2D eigenvalue weighted by Gasteiger charge is -2.19. The summed E-state index contributed by atoms with van der Waals surface area (Å²) in [5.74, 6) is -0.195. The average molecular weight is 274 g/mol. The third-order valence-electron chi connectivity index (χ3n) is 3.56. The molecule has 1 heterocycles. The van der Waals surface area contributed by atoms with Gasteiger partial charge in [0.1, 0.15) is 5.52 Å². The maximum atomic E-state index is 11.0. The number of hydrogen-bond acceptors (Lipinski definition) is 4. The molecule has 0 unspecified atom stereocenters. The summed E-state index contributed by atoms with van der Waals surface area (Å²) >= 11 is 0. The van der Waals surface area contributed by atoms with Crippen molar-refractivity contribution in [2.75, 3.05) is 18.0 Å². The molecular formula is C15H18N2O3. The lowest BCUT2D eigenvalue weighted by atomic mass is 10.2. The monoisotopic (exact) mass is 274 g/mol. The van der Waals surface area contributed by atoms with Gasteiger partial charge in [-0.15, -0.1) is 0 Å². The summed E-state index contributed by atoms with van der Waals surface area (Å²) in [6.45, 7) is 4.02. The second-order valence-corrected chi connectivity index (χ2v) is 5.37. The molecular weight excluding hydrogens is 256 g/mol. The van der Waals surface area contributed by atoms with Crippen LogP contribution in [0.25, 0.3) is 11.1 Å². The smallest absolute Gasteiger partial charge is 0.335 e. The van der Waals surface area contributed by atoms with Gasteiger partial charge in [0, 0.05) is 13.1 Å². The number of benzene rings is 1. The zero-order valence-corrected chi connectivity index (χ0v) is 11.5. The molecule has 0 atom stereocenters. The van der Waals surface area contributed by atoms with E-state index in [1.807, 2.05) is 0 Å². The Bertz CT molecular complexity index is 631. The molecule has 0 aliphatic heterocycles. The Hall–Kier alpha value is -2.04. The number of oxazole rings is 1. The summed E-state index contributed by atoms with van der Waals surface area (Å²) in [5, 5.41) is 9.00. The predicted molar refractivity (Wildman–Crippen MR) is 76.2 cm³/mol. The first kappa shape index (κ1) is 13.0. The molecule has 0 spiro atoms. The van der Waals surface area contributed by atoms with Crippen LogP contribution in [-0.4, -0.2) is 29.1 Å². The molecule has 0 saturated heterocycles. The van der Waals surface area contributed by atoms with Crippen LogP contribution in [0.5, 0.6) is 0 Å². The van der Waals surface area contributed by atoms with Crippen molar-refractivity contribution in [2.24, 2.45) is 5.92 Å². The molecule has 1 fully saturated rings. The number of hydrogen-bond donors (Lipinski definition) is 1. The summed E-state index contributed by atoms with van der Waals surface area (Å²) in [5.41, 5.74) is 1.48. The Morgan fingerprint density at radius 2 is 2.30 bits per heavy atom. The van der Waals surface area contributed by atoms with Gasteiger partial charge in [0.15, 0.2) is 5.58 Å². The molecule has 5 heteroatoms. The van der Waals surface area contributed by atoms with Gasteiger partial charge in [-0.05, 0) is 43.4 Å². The minimum Gasteiger partial charge on any atom is -0.478 e. The summed E-state index contributed by atoms with van der Waals surface area (Å²) in [4.78, 5) is 17.6. The molecule has 106 valence electrons. The molecule has 0 amide bonds. The number of nitrogens with zero attached hydrogens (tertiary/aromatic N) is 2. The molecule has 0 bridgehead atoms. The first-order valence-corrected chi connectivity index (χ1v) is 7.06. The van der Waals surface area contributed by atoms with Crippen molar-refractivity contribution in [3.63, 3.8) is 0 Å². The van der Waals surface area contributed by atoms with Gasteiger partial charge in [0.25, 0.3) is 6.01 Å². The Morgan fingerprint density at radius 1 is 1.50 bits per heavy atom. The number of anilines is 1. The van der Waals surface area contributed by atoms with E-state index in [1.165, 1.54) is 18.9 Å². The highest BCUT2D eigenvalue weighted by Crippen LogP contribution is 2.32. The molecule has 1 saturated carbocycles. The van der Waals surface area contributed by atoms with E-state index in [2.05, 4.69) is 16.8 Å². The number of rotatable bonds is 6. The Labute approximate surface area is 117 Å². The summed E-state index contributed by atoms with van der Waals surface area (Å²) in [6.07, 6.45) is 3.60. The molecule has 1 N–H and O–H groups in total. The van der Waals surface area contributed by atoms with E-state index in [-0.39, 0.29) is 5.56 Å². The summed E-state index contributed by atoms with van der Waals surface area (Å²) in [7, 11) is 0. The Balaban J connectivity index is 1.91. The second kappa shape index (κ2) is 5.15. The van der Waals surface area contributed by atoms with Crippen LogP contribution in [0.3, 0.4) is 0 Å². The van der Waals surface area contributed by atoms with E-state index < -0.39 is 5.97 Å². The van der Waals surface area contributed by atoms with E-state index in [4.69, 9.17) is 9.52 Å². The third-order valence-corrected chi connectivity index (χ3v) is 3.56. The number of fused-ring (bicyclic) bond motifs is 1. The fraction of sp³-hybridized carbons (Fsp3) is 0.467. The normalized spacial score (nSPS) is 14.7. The quantitative estimate of drug-likeness (QED) is 0.876. The molecule has 1 aliphatic carbocycles. The highest BCUT2D eigenvalue weighted by atomic mass is 16.4. The lowest BCUT2D eigenvalue weighted by molar-refractivity contribution is 0.0697. The molecule has 3 rings (SSSR count). The number of aromatic nitrogens is 1. The number of carbonyl (C=O) groups is 1. The van der Waals surface area contributed by atoms with Gasteiger partial charge < -0.3 is 14.4 Å². The summed E-state index contributed by atoms with van der Waals surface area (Å²) in [6, 6.07) is 5.40. The molecule has 1 aromatic heterocycles. The summed E-state index contributed by atoms with van der Waals surface area (Å²) < 4.78 is 5.75. The van der Waals surface area contributed by atoms with E-state index in [0.29, 0.717) is 17.1 Å². The topological polar surface area (TPSA) is 66.6 Å². The van der Waals surface area contributed by atoms with Gasteiger partial charge in [-0.1, -0.05) is 6.92 Å². The van der Waals surface area contributed by atoms with Crippen molar-refractivity contribution >= 4 is 23.1 Å². The van der Waals surface area contributed by atoms with Crippen LogP contribution < -0.4 is 4.90 Å².